The number of nitrogens with zero attached hydrogens (tertiary/aromatic N) is 2. The van der Waals surface area contributed by atoms with E-state index in [4.69, 9.17) is 0 Å². The zero-order chi connectivity index (χ0) is 15.6. The van der Waals surface area contributed by atoms with Gasteiger partial charge in [-0.05, 0) is 18.2 Å². The number of hydrogen-bond acceptors (Lipinski definition) is 3. The van der Waals surface area contributed by atoms with Crippen LogP contribution in [0.1, 0.15) is 5.56 Å². The molecule has 1 saturated heterocycles. The number of benzene rings is 2. The summed E-state index contributed by atoms with van der Waals surface area (Å²) >= 11 is 1.97. The molecule has 3 nitrogen and oxygen atoms in total. The molecule has 2 heterocycles. The van der Waals surface area contributed by atoms with Crippen molar-refractivity contribution in [2.24, 2.45) is 0 Å². The lowest BCUT2D eigenvalue weighted by atomic mass is 10.1. The van der Waals surface area contributed by atoms with Crippen molar-refractivity contribution in [1.29, 1.82) is 0 Å². The Bertz CT molecular complexity index is 791. The fourth-order valence-corrected chi connectivity index (χ4v) is 3.89. The Kier molecular flexibility index (Phi) is 4.06. The molecule has 0 unspecified atom stereocenters. The molecule has 0 atom stereocenters. The third kappa shape index (κ3) is 3.12. The van der Waals surface area contributed by atoms with E-state index in [1.165, 1.54) is 0 Å². The zero-order valence-electron chi connectivity index (χ0n) is 12.8. The highest BCUT2D eigenvalue weighted by Crippen LogP contribution is 2.23. The van der Waals surface area contributed by atoms with Gasteiger partial charge in [0.05, 0.1) is 11.0 Å². The van der Waals surface area contributed by atoms with Crippen molar-refractivity contribution >= 4 is 22.8 Å². The standard InChI is InChI=1S/C18H18FN3S/c19-15-11-13(18-20-16-3-1-2-4-17(16)21-18)5-6-14(15)12-22-7-9-23-10-8-22/h1-6,11H,7-10,12H2,(H,20,21). The molecular weight excluding hydrogens is 309 g/mol. The van der Waals surface area contributed by atoms with E-state index in [-0.39, 0.29) is 5.82 Å². The van der Waals surface area contributed by atoms with Gasteiger partial charge in [0.2, 0.25) is 0 Å². The second kappa shape index (κ2) is 6.34. The van der Waals surface area contributed by atoms with Crippen LogP contribution in [0, 0.1) is 5.82 Å². The van der Waals surface area contributed by atoms with Crippen molar-refractivity contribution in [1.82, 2.24) is 14.9 Å². The number of H-pyrrole nitrogens is 1. The molecule has 0 radical (unpaired) electrons. The quantitative estimate of drug-likeness (QED) is 0.791. The Labute approximate surface area is 138 Å². The van der Waals surface area contributed by atoms with Crippen LogP contribution < -0.4 is 0 Å². The van der Waals surface area contributed by atoms with Crippen LogP contribution in [0.15, 0.2) is 42.5 Å². The molecule has 118 valence electrons. The van der Waals surface area contributed by atoms with Crippen LogP contribution in [0.4, 0.5) is 4.39 Å². The van der Waals surface area contributed by atoms with Gasteiger partial charge in [0, 0.05) is 42.3 Å². The summed E-state index contributed by atoms with van der Waals surface area (Å²) in [5.41, 5.74) is 3.42. The van der Waals surface area contributed by atoms with Gasteiger partial charge >= 0.3 is 0 Å². The lowest BCUT2D eigenvalue weighted by molar-refractivity contribution is 0.290. The molecule has 4 rings (SSSR count). The van der Waals surface area contributed by atoms with Gasteiger partial charge in [0.25, 0.3) is 0 Å². The average molecular weight is 327 g/mol. The van der Waals surface area contributed by atoms with Crippen LogP contribution >= 0.6 is 11.8 Å². The zero-order valence-corrected chi connectivity index (χ0v) is 13.6. The normalized spacial score (nSPS) is 16.0. The summed E-state index contributed by atoms with van der Waals surface area (Å²) in [6.45, 7) is 2.76. The summed E-state index contributed by atoms with van der Waals surface area (Å²) in [5, 5.41) is 0. The minimum atomic E-state index is -0.152. The maximum absolute atomic E-state index is 14.5. The number of rotatable bonds is 3. The average Bonchev–Trinajstić information content (AvgIpc) is 3.02. The number of fused-ring (bicyclic) bond motifs is 1. The third-order valence-electron chi connectivity index (χ3n) is 4.21. The second-order valence-electron chi connectivity index (χ2n) is 5.80. The molecule has 0 spiro atoms. The molecule has 1 aliphatic heterocycles. The molecule has 0 saturated carbocycles. The van der Waals surface area contributed by atoms with Crippen LogP contribution in [0.2, 0.25) is 0 Å². The van der Waals surface area contributed by atoms with Gasteiger partial charge in [0.15, 0.2) is 0 Å². The van der Waals surface area contributed by atoms with E-state index in [2.05, 4.69) is 14.9 Å². The van der Waals surface area contributed by atoms with Gasteiger partial charge < -0.3 is 4.98 Å². The topological polar surface area (TPSA) is 31.9 Å². The Balaban J connectivity index is 1.59. The molecule has 0 amide bonds. The Morgan fingerprint density at radius 2 is 1.96 bits per heavy atom. The molecule has 23 heavy (non-hydrogen) atoms. The Hall–Kier alpha value is -1.85. The van der Waals surface area contributed by atoms with Gasteiger partial charge in [-0.3, -0.25) is 4.90 Å². The molecular formula is C18H18FN3S. The molecule has 1 fully saturated rings. The van der Waals surface area contributed by atoms with Crippen molar-refractivity contribution in [2.45, 2.75) is 6.54 Å². The van der Waals surface area contributed by atoms with Crippen LogP contribution in [0.5, 0.6) is 0 Å². The van der Waals surface area contributed by atoms with Crippen LogP contribution in [-0.4, -0.2) is 39.5 Å². The number of hydrogen-bond donors (Lipinski definition) is 1. The first-order valence-corrected chi connectivity index (χ1v) is 8.99. The van der Waals surface area contributed by atoms with E-state index in [0.29, 0.717) is 12.4 Å². The third-order valence-corrected chi connectivity index (χ3v) is 5.16. The lowest BCUT2D eigenvalue weighted by Gasteiger charge is -2.26. The Morgan fingerprint density at radius 1 is 1.13 bits per heavy atom. The molecule has 2 aromatic carbocycles. The molecule has 3 aromatic rings. The SMILES string of the molecule is Fc1cc(-c2nc3ccccc3[nH]2)ccc1CN1CCSCC1. The maximum Gasteiger partial charge on any atom is 0.138 e. The van der Waals surface area contributed by atoms with Crippen molar-refractivity contribution in [3.63, 3.8) is 0 Å². The van der Waals surface area contributed by atoms with E-state index in [9.17, 15) is 4.39 Å². The highest BCUT2D eigenvalue weighted by atomic mass is 32.2. The van der Waals surface area contributed by atoms with E-state index < -0.39 is 0 Å². The van der Waals surface area contributed by atoms with Gasteiger partial charge in [-0.25, -0.2) is 9.37 Å². The summed E-state index contributed by atoms with van der Waals surface area (Å²) in [4.78, 5) is 10.1. The highest BCUT2D eigenvalue weighted by molar-refractivity contribution is 7.99. The van der Waals surface area contributed by atoms with E-state index in [0.717, 1.165) is 46.8 Å². The number of imidazole rings is 1. The number of thioether (sulfide) groups is 1. The number of para-hydroxylation sites is 2. The number of aromatic nitrogens is 2. The van der Waals surface area contributed by atoms with Crippen LogP contribution in [-0.2, 0) is 6.54 Å². The second-order valence-corrected chi connectivity index (χ2v) is 7.02. The van der Waals surface area contributed by atoms with Crippen molar-refractivity contribution < 1.29 is 4.39 Å². The Morgan fingerprint density at radius 3 is 2.74 bits per heavy atom. The van der Waals surface area contributed by atoms with E-state index in [1.807, 2.05) is 48.2 Å². The van der Waals surface area contributed by atoms with Crippen molar-refractivity contribution in [2.75, 3.05) is 24.6 Å². The number of nitrogens with one attached hydrogen (secondary N) is 1. The first-order chi connectivity index (χ1) is 11.3. The molecule has 0 bridgehead atoms. The smallest absolute Gasteiger partial charge is 0.138 e. The predicted octanol–water partition coefficient (Wildman–Crippen LogP) is 3.92. The van der Waals surface area contributed by atoms with Crippen molar-refractivity contribution in [3.05, 3.63) is 53.8 Å². The minimum Gasteiger partial charge on any atom is -0.338 e. The predicted molar refractivity (Wildman–Crippen MR) is 94.1 cm³/mol. The summed E-state index contributed by atoms with van der Waals surface area (Å²) in [5.74, 6) is 2.84. The van der Waals surface area contributed by atoms with Crippen molar-refractivity contribution in [3.8, 4) is 11.4 Å². The van der Waals surface area contributed by atoms with Gasteiger partial charge in [-0.2, -0.15) is 11.8 Å². The van der Waals surface area contributed by atoms with E-state index >= 15 is 0 Å². The van der Waals surface area contributed by atoms with Crippen LogP contribution in [0.3, 0.4) is 0 Å². The molecule has 0 aliphatic carbocycles. The lowest BCUT2D eigenvalue weighted by Crippen LogP contribution is -2.32. The summed E-state index contributed by atoms with van der Waals surface area (Å²) < 4.78 is 14.5. The molecule has 5 heteroatoms. The van der Waals surface area contributed by atoms with Gasteiger partial charge in [-0.1, -0.05) is 24.3 Å². The monoisotopic (exact) mass is 327 g/mol. The molecule has 1 aromatic heterocycles. The summed E-state index contributed by atoms with van der Waals surface area (Å²) in [7, 11) is 0. The van der Waals surface area contributed by atoms with Gasteiger partial charge in [-0.15, -0.1) is 0 Å². The van der Waals surface area contributed by atoms with Crippen LogP contribution in [0.25, 0.3) is 22.4 Å². The minimum absolute atomic E-state index is 0.152. The fourth-order valence-electron chi connectivity index (χ4n) is 2.91. The molecule has 1 aliphatic rings. The maximum atomic E-state index is 14.5. The molecule has 1 N–H and O–H groups in total. The first-order valence-electron chi connectivity index (χ1n) is 7.83. The van der Waals surface area contributed by atoms with E-state index in [1.54, 1.807) is 6.07 Å². The fraction of sp³-hybridized carbons (Fsp3) is 0.278. The van der Waals surface area contributed by atoms with Gasteiger partial charge in [0.1, 0.15) is 11.6 Å². The summed E-state index contributed by atoms with van der Waals surface area (Å²) in [6, 6.07) is 13.3. The first kappa shape index (κ1) is 14.7. The number of halogens is 1. The number of aromatic amines is 1. The largest absolute Gasteiger partial charge is 0.338 e. The summed E-state index contributed by atoms with van der Waals surface area (Å²) in [6.07, 6.45) is 0. The highest BCUT2D eigenvalue weighted by Gasteiger charge is 2.14.